The van der Waals surface area contributed by atoms with Gasteiger partial charge in [0.15, 0.2) is 0 Å². The van der Waals surface area contributed by atoms with Crippen LogP contribution in [0.25, 0.3) is 0 Å². The van der Waals surface area contributed by atoms with E-state index in [1.165, 1.54) is 24.1 Å². The van der Waals surface area contributed by atoms with E-state index in [4.69, 9.17) is 15.6 Å². The molecular formula is C23H24N2O7. The van der Waals surface area contributed by atoms with Crippen LogP contribution in [0.4, 0.5) is 0 Å². The largest absolute Gasteiger partial charge is 0.486 e. The molecule has 3 N–H and O–H groups in total. The summed E-state index contributed by atoms with van der Waals surface area (Å²) in [5.74, 6) is -2.10. The van der Waals surface area contributed by atoms with Gasteiger partial charge in [-0.1, -0.05) is 18.2 Å². The van der Waals surface area contributed by atoms with E-state index in [1.54, 1.807) is 30.3 Å². The lowest BCUT2D eigenvalue weighted by atomic mass is 10.1. The number of rotatable bonds is 9. The molecule has 0 spiro atoms. The van der Waals surface area contributed by atoms with Crippen LogP contribution in [0, 0.1) is 0 Å². The second-order valence-electron chi connectivity index (χ2n) is 7.44. The van der Waals surface area contributed by atoms with Crippen LogP contribution < -0.4 is 10.5 Å². The number of esters is 1. The Labute approximate surface area is 184 Å². The molecule has 9 heteroatoms. The maximum absolute atomic E-state index is 13.0. The molecule has 0 saturated heterocycles. The minimum atomic E-state index is -1.01. The van der Waals surface area contributed by atoms with Crippen molar-refractivity contribution in [1.82, 2.24) is 4.90 Å². The van der Waals surface area contributed by atoms with Crippen LogP contribution in [0.5, 0.6) is 5.75 Å². The number of hydrogen-bond donors (Lipinski definition) is 2. The van der Waals surface area contributed by atoms with Gasteiger partial charge in [0.2, 0.25) is 5.91 Å². The molecule has 1 aliphatic heterocycles. The molecule has 0 saturated carbocycles. The van der Waals surface area contributed by atoms with E-state index < -0.39 is 30.0 Å². The van der Waals surface area contributed by atoms with Crippen LogP contribution >= 0.6 is 0 Å². The highest BCUT2D eigenvalue weighted by Crippen LogP contribution is 2.35. The fourth-order valence-corrected chi connectivity index (χ4v) is 3.65. The number of primary amides is 1. The topological polar surface area (TPSA) is 136 Å². The van der Waals surface area contributed by atoms with Gasteiger partial charge in [-0.3, -0.25) is 14.4 Å². The molecule has 1 aliphatic rings. The number of carbonyl (C=O) groups excluding carboxylic acids is 3. The van der Waals surface area contributed by atoms with E-state index in [0.29, 0.717) is 16.9 Å². The number of nitrogens with two attached hydrogens (primary N) is 1. The van der Waals surface area contributed by atoms with E-state index >= 15 is 0 Å². The standard InChI is InChI=1S/C23H24N2O7/c1-13(14-6-8-15(9-7-14)23(29)30)32-19-5-3-4-16-17(19)12-25(22(16)28)18(21(24)27)10-11-20(26)31-2/h3-9,13,18H,10-12H2,1-2H3,(H2,24,27)(H,29,30). The Kier molecular flexibility index (Phi) is 6.77. The summed E-state index contributed by atoms with van der Waals surface area (Å²) >= 11 is 0. The van der Waals surface area contributed by atoms with Crippen LogP contribution in [0.1, 0.15) is 57.7 Å². The monoisotopic (exact) mass is 440 g/mol. The Balaban J connectivity index is 1.80. The Bertz CT molecular complexity index is 1050. The van der Waals surface area contributed by atoms with Crippen molar-refractivity contribution in [2.75, 3.05) is 7.11 Å². The molecule has 9 nitrogen and oxygen atoms in total. The van der Waals surface area contributed by atoms with Crippen LogP contribution in [-0.2, 0) is 20.9 Å². The SMILES string of the molecule is COC(=O)CCC(C(N)=O)N1Cc2c(OC(C)c3ccc(C(=O)O)cc3)cccc2C1=O. The Morgan fingerprint density at radius 2 is 1.84 bits per heavy atom. The molecule has 2 aromatic carbocycles. The number of amides is 2. The molecule has 168 valence electrons. The summed E-state index contributed by atoms with van der Waals surface area (Å²) < 4.78 is 10.7. The number of benzene rings is 2. The second kappa shape index (κ2) is 9.51. The third kappa shape index (κ3) is 4.72. The molecule has 3 rings (SSSR count). The smallest absolute Gasteiger partial charge is 0.335 e. The first-order valence-electron chi connectivity index (χ1n) is 10.0. The van der Waals surface area contributed by atoms with E-state index in [9.17, 15) is 19.2 Å². The van der Waals surface area contributed by atoms with E-state index in [-0.39, 0.29) is 30.9 Å². The van der Waals surface area contributed by atoms with Crippen molar-refractivity contribution in [2.45, 2.75) is 38.5 Å². The van der Waals surface area contributed by atoms with Crippen molar-refractivity contribution in [2.24, 2.45) is 5.73 Å². The molecule has 2 unspecified atom stereocenters. The molecule has 2 amide bonds. The van der Waals surface area contributed by atoms with E-state index in [0.717, 1.165) is 5.56 Å². The number of carboxylic acids is 1. The van der Waals surface area contributed by atoms with Crippen LogP contribution in [0.15, 0.2) is 42.5 Å². The van der Waals surface area contributed by atoms with Crippen LogP contribution in [0.3, 0.4) is 0 Å². The van der Waals surface area contributed by atoms with Crippen molar-refractivity contribution in [3.63, 3.8) is 0 Å². The number of methoxy groups -OCH3 is 1. The highest BCUT2D eigenvalue weighted by Gasteiger charge is 2.37. The quantitative estimate of drug-likeness (QED) is 0.571. The number of nitrogens with zero attached hydrogens (tertiary/aromatic N) is 1. The zero-order valence-corrected chi connectivity index (χ0v) is 17.7. The van der Waals surface area contributed by atoms with Gasteiger partial charge in [0.1, 0.15) is 17.9 Å². The number of carbonyl (C=O) groups is 4. The van der Waals surface area contributed by atoms with Crippen LogP contribution in [0.2, 0.25) is 0 Å². The van der Waals surface area contributed by atoms with Gasteiger partial charge < -0.3 is 25.2 Å². The van der Waals surface area contributed by atoms with E-state index in [2.05, 4.69) is 4.74 Å². The van der Waals surface area contributed by atoms with Gasteiger partial charge in [0.05, 0.1) is 19.2 Å². The summed E-state index contributed by atoms with van der Waals surface area (Å²) in [6.07, 6.45) is -0.402. The summed E-state index contributed by atoms with van der Waals surface area (Å²) in [5, 5.41) is 9.05. The molecule has 0 radical (unpaired) electrons. The fourth-order valence-electron chi connectivity index (χ4n) is 3.65. The summed E-state index contributed by atoms with van der Waals surface area (Å²) in [6, 6.07) is 10.4. The van der Waals surface area contributed by atoms with Crippen molar-refractivity contribution in [3.05, 3.63) is 64.7 Å². The van der Waals surface area contributed by atoms with Crippen molar-refractivity contribution in [1.29, 1.82) is 0 Å². The second-order valence-corrected chi connectivity index (χ2v) is 7.44. The number of ether oxygens (including phenoxy) is 2. The Morgan fingerprint density at radius 3 is 2.44 bits per heavy atom. The van der Waals surface area contributed by atoms with Crippen molar-refractivity contribution < 1.29 is 33.8 Å². The van der Waals surface area contributed by atoms with E-state index in [1.807, 2.05) is 6.92 Å². The third-order valence-electron chi connectivity index (χ3n) is 5.44. The summed E-state index contributed by atoms with van der Waals surface area (Å²) in [5.41, 5.74) is 7.47. The first-order valence-corrected chi connectivity index (χ1v) is 10.0. The van der Waals surface area contributed by atoms with Gasteiger partial charge >= 0.3 is 11.9 Å². The Morgan fingerprint density at radius 1 is 1.16 bits per heavy atom. The highest BCUT2D eigenvalue weighted by molar-refractivity contribution is 6.01. The zero-order valence-electron chi connectivity index (χ0n) is 17.7. The normalized spacial score (nSPS) is 14.4. The molecule has 0 bridgehead atoms. The molecule has 32 heavy (non-hydrogen) atoms. The maximum Gasteiger partial charge on any atom is 0.335 e. The average Bonchev–Trinajstić information content (AvgIpc) is 3.11. The van der Waals surface area contributed by atoms with Gasteiger partial charge in [-0.05, 0) is 43.2 Å². The van der Waals surface area contributed by atoms with Crippen molar-refractivity contribution in [3.8, 4) is 5.75 Å². The number of fused-ring (bicyclic) bond motifs is 1. The Hall–Kier alpha value is -3.88. The summed E-state index contributed by atoms with van der Waals surface area (Å²) in [4.78, 5) is 48.8. The summed E-state index contributed by atoms with van der Waals surface area (Å²) in [7, 11) is 1.25. The molecule has 1 heterocycles. The predicted octanol–water partition coefficient (Wildman–Crippen LogP) is 2.29. The van der Waals surface area contributed by atoms with Gasteiger partial charge in [0.25, 0.3) is 5.91 Å². The zero-order chi connectivity index (χ0) is 23.4. The third-order valence-corrected chi connectivity index (χ3v) is 5.44. The number of aromatic carboxylic acids is 1. The first kappa shape index (κ1) is 22.8. The lowest BCUT2D eigenvalue weighted by molar-refractivity contribution is -0.141. The fraction of sp³-hybridized carbons (Fsp3) is 0.304. The van der Waals surface area contributed by atoms with Gasteiger partial charge in [-0.2, -0.15) is 0 Å². The lowest BCUT2D eigenvalue weighted by Crippen LogP contribution is -2.45. The molecule has 0 aliphatic carbocycles. The van der Waals surface area contributed by atoms with Gasteiger partial charge in [-0.25, -0.2) is 4.79 Å². The average molecular weight is 440 g/mol. The summed E-state index contributed by atoms with van der Waals surface area (Å²) in [6.45, 7) is 1.93. The number of hydrogen-bond acceptors (Lipinski definition) is 6. The highest BCUT2D eigenvalue weighted by atomic mass is 16.5. The predicted molar refractivity (Wildman–Crippen MR) is 113 cm³/mol. The molecule has 2 aromatic rings. The van der Waals surface area contributed by atoms with Gasteiger partial charge in [-0.15, -0.1) is 0 Å². The molecule has 0 fully saturated rings. The minimum absolute atomic E-state index is 0.0447. The lowest BCUT2D eigenvalue weighted by Gasteiger charge is -2.25. The van der Waals surface area contributed by atoms with Crippen molar-refractivity contribution >= 4 is 23.8 Å². The molecule has 2 atom stereocenters. The van der Waals surface area contributed by atoms with Crippen LogP contribution in [-0.4, -0.2) is 46.9 Å². The molecule has 0 aromatic heterocycles. The van der Waals surface area contributed by atoms with Gasteiger partial charge in [0, 0.05) is 17.5 Å². The maximum atomic E-state index is 13.0. The molecular weight excluding hydrogens is 416 g/mol. The minimum Gasteiger partial charge on any atom is -0.486 e. The number of carboxylic acid groups (broad SMARTS) is 1. The first-order chi connectivity index (χ1) is 15.2.